The van der Waals surface area contributed by atoms with Crippen molar-refractivity contribution < 1.29 is 9.53 Å². The molecule has 0 bridgehead atoms. The average Bonchev–Trinajstić information content (AvgIpc) is 2.47. The highest BCUT2D eigenvalue weighted by atomic mass is 35.5. The number of hydrogen-bond acceptors (Lipinski definition) is 3. The summed E-state index contributed by atoms with van der Waals surface area (Å²) in [6, 6.07) is 1.72. The minimum Gasteiger partial charge on any atom is -0.371 e. The highest BCUT2D eigenvalue weighted by Crippen LogP contribution is 2.22. The van der Waals surface area contributed by atoms with Crippen molar-refractivity contribution >= 4 is 28.7 Å². The van der Waals surface area contributed by atoms with Gasteiger partial charge < -0.3 is 4.74 Å². The minimum atomic E-state index is -0.0475. The van der Waals surface area contributed by atoms with Crippen LogP contribution >= 0.6 is 22.9 Å². The fourth-order valence-electron chi connectivity index (χ4n) is 0.801. The summed E-state index contributed by atoms with van der Waals surface area (Å²) in [7, 11) is 0. The number of ether oxygens (including phenoxy) is 1. The molecule has 0 fully saturated rings. The molecular formula is C9H11ClO2S. The van der Waals surface area contributed by atoms with Crippen LogP contribution in [0.5, 0.6) is 0 Å². The quantitative estimate of drug-likeness (QED) is 0.727. The molecule has 0 saturated heterocycles. The maximum absolute atomic E-state index is 11.4. The third-order valence-electron chi connectivity index (χ3n) is 1.42. The van der Waals surface area contributed by atoms with Gasteiger partial charge in [-0.3, -0.25) is 4.79 Å². The fraction of sp³-hybridized carbons (Fsp3) is 0.444. The van der Waals surface area contributed by atoms with Crippen molar-refractivity contribution in [2.24, 2.45) is 0 Å². The van der Waals surface area contributed by atoms with Gasteiger partial charge in [-0.05, 0) is 25.3 Å². The van der Waals surface area contributed by atoms with E-state index in [0.29, 0.717) is 9.90 Å². The predicted octanol–water partition coefficient (Wildman–Crippen LogP) is 3.01. The number of carbonyl (C=O) groups is 1. The molecule has 0 atom stereocenters. The molecule has 0 N–H and O–H groups in total. The Morgan fingerprint density at radius 1 is 1.69 bits per heavy atom. The van der Waals surface area contributed by atoms with Crippen molar-refractivity contribution in [1.29, 1.82) is 0 Å². The second kappa shape index (κ2) is 4.74. The average molecular weight is 219 g/mol. The van der Waals surface area contributed by atoms with E-state index in [9.17, 15) is 4.79 Å². The first-order valence-corrected chi connectivity index (χ1v) is 5.25. The first-order chi connectivity index (χ1) is 6.11. The molecule has 0 saturated carbocycles. The lowest BCUT2D eigenvalue weighted by molar-refractivity contribution is 0.0588. The van der Waals surface area contributed by atoms with E-state index in [1.807, 2.05) is 13.8 Å². The smallest absolute Gasteiger partial charge is 0.199 e. The third kappa shape index (κ3) is 3.10. The standard InChI is InChI=1S/C9H11ClO2S/c1-6(2)12-5-8(11)9-7(10)3-4-13-9/h3-4,6H,5H2,1-2H3. The van der Waals surface area contributed by atoms with Crippen molar-refractivity contribution in [2.75, 3.05) is 6.61 Å². The van der Waals surface area contributed by atoms with Gasteiger partial charge in [-0.2, -0.15) is 0 Å². The molecule has 0 aliphatic heterocycles. The number of thiophene rings is 1. The summed E-state index contributed by atoms with van der Waals surface area (Å²) < 4.78 is 5.18. The van der Waals surface area contributed by atoms with E-state index >= 15 is 0 Å². The number of Topliss-reactive ketones (excluding diaryl/α,β-unsaturated/α-hetero) is 1. The minimum absolute atomic E-state index is 0.0475. The highest BCUT2D eigenvalue weighted by molar-refractivity contribution is 7.12. The van der Waals surface area contributed by atoms with Crippen LogP contribution in [0.1, 0.15) is 23.5 Å². The number of carbonyl (C=O) groups excluding carboxylic acids is 1. The molecule has 0 unspecified atom stereocenters. The molecule has 0 spiro atoms. The first kappa shape index (κ1) is 10.7. The predicted molar refractivity (Wildman–Crippen MR) is 54.7 cm³/mol. The molecule has 0 radical (unpaired) electrons. The van der Waals surface area contributed by atoms with E-state index in [1.165, 1.54) is 11.3 Å². The molecule has 0 amide bonds. The molecule has 1 rings (SSSR count). The van der Waals surface area contributed by atoms with Crippen LogP contribution in [-0.2, 0) is 4.74 Å². The molecule has 0 aliphatic carbocycles. The summed E-state index contributed by atoms with van der Waals surface area (Å²) in [6.07, 6.45) is 0.0719. The second-order valence-corrected chi connectivity index (χ2v) is 4.20. The van der Waals surface area contributed by atoms with Crippen LogP contribution in [0, 0.1) is 0 Å². The lowest BCUT2D eigenvalue weighted by Crippen LogP contribution is -2.12. The summed E-state index contributed by atoms with van der Waals surface area (Å²) in [6.45, 7) is 3.89. The summed E-state index contributed by atoms with van der Waals surface area (Å²) in [5, 5.41) is 2.31. The summed E-state index contributed by atoms with van der Waals surface area (Å²) in [4.78, 5) is 12.0. The number of hydrogen-bond donors (Lipinski definition) is 0. The molecule has 1 heterocycles. The van der Waals surface area contributed by atoms with Crippen LogP contribution < -0.4 is 0 Å². The molecule has 4 heteroatoms. The topological polar surface area (TPSA) is 26.3 Å². The molecule has 0 aliphatic rings. The zero-order chi connectivity index (χ0) is 9.84. The largest absolute Gasteiger partial charge is 0.371 e. The molecule has 1 aromatic heterocycles. The lowest BCUT2D eigenvalue weighted by Gasteiger charge is -2.05. The Morgan fingerprint density at radius 2 is 2.38 bits per heavy atom. The van der Waals surface area contributed by atoms with Gasteiger partial charge in [0, 0.05) is 0 Å². The first-order valence-electron chi connectivity index (χ1n) is 3.99. The Balaban J connectivity index is 2.54. The van der Waals surface area contributed by atoms with Gasteiger partial charge in [0.1, 0.15) is 6.61 Å². The molecule has 13 heavy (non-hydrogen) atoms. The van der Waals surface area contributed by atoms with Gasteiger partial charge in [0.15, 0.2) is 5.78 Å². The van der Waals surface area contributed by atoms with Gasteiger partial charge >= 0.3 is 0 Å². The Morgan fingerprint density at radius 3 is 2.85 bits per heavy atom. The Kier molecular flexibility index (Phi) is 3.90. The zero-order valence-corrected chi connectivity index (χ0v) is 9.11. The zero-order valence-electron chi connectivity index (χ0n) is 7.54. The van der Waals surface area contributed by atoms with Gasteiger partial charge in [-0.15, -0.1) is 11.3 Å². The summed E-state index contributed by atoms with van der Waals surface area (Å²) in [5.74, 6) is -0.0475. The van der Waals surface area contributed by atoms with Crippen LogP contribution in [0.4, 0.5) is 0 Å². The Bertz CT molecular complexity index is 294. The van der Waals surface area contributed by atoms with Crippen molar-refractivity contribution in [3.8, 4) is 0 Å². The van der Waals surface area contributed by atoms with Crippen LogP contribution in [-0.4, -0.2) is 18.5 Å². The molecule has 1 aromatic rings. The normalized spacial score (nSPS) is 10.8. The van der Waals surface area contributed by atoms with E-state index in [1.54, 1.807) is 11.4 Å². The maximum Gasteiger partial charge on any atom is 0.199 e. The van der Waals surface area contributed by atoms with Crippen LogP contribution in [0.3, 0.4) is 0 Å². The summed E-state index contributed by atoms with van der Waals surface area (Å²) >= 11 is 7.13. The van der Waals surface area contributed by atoms with E-state index in [-0.39, 0.29) is 18.5 Å². The van der Waals surface area contributed by atoms with E-state index in [4.69, 9.17) is 16.3 Å². The Hall–Kier alpha value is -0.380. The molecule has 2 nitrogen and oxygen atoms in total. The van der Waals surface area contributed by atoms with Crippen molar-refractivity contribution in [1.82, 2.24) is 0 Å². The Labute approximate surface area is 86.5 Å². The third-order valence-corrected chi connectivity index (χ3v) is 2.80. The lowest BCUT2D eigenvalue weighted by atomic mass is 10.3. The van der Waals surface area contributed by atoms with Crippen molar-refractivity contribution in [3.63, 3.8) is 0 Å². The highest BCUT2D eigenvalue weighted by Gasteiger charge is 2.12. The van der Waals surface area contributed by atoms with Crippen LogP contribution in [0.25, 0.3) is 0 Å². The SMILES string of the molecule is CC(C)OCC(=O)c1sccc1Cl. The molecular weight excluding hydrogens is 208 g/mol. The van der Waals surface area contributed by atoms with Crippen molar-refractivity contribution in [3.05, 3.63) is 21.3 Å². The van der Waals surface area contributed by atoms with E-state index in [2.05, 4.69) is 0 Å². The number of ketones is 1. The van der Waals surface area contributed by atoms with Gasteiger partial charge in [0.25, 0.3) is 0 Å². The number of halogens is 1. The van der Waals surface area contributed by atoms with E-state index in [0.717, 1.165) is 0 Å². The second-order valence-electron chi connectivity index (χ2n) is 2.88. The summed E-state index contributed by atoms with van der Waals surface area (Å²) in [5.41, 5.74) is 0. The fourth-order valence-corrected chi connectivity index (χ4v) is 1.89. The van der Waals surface area contributed by atoms with Gasteiger partial charge in [0.2, 0.25) is 0 Å². The van der Waals surface area contributed by atoms with Gasteiger partial charge in [0.05, 0.1) is 16.0 Å². The monoisotopic (exact) mass is 218 g/mol. The van der Waals surface area contributed by atoms with Gasteiger partial charge in [-0.1, -0.05) is 11.6 Å². The van der Waals surface area contributed by atoms with Gasteiger partial charge in [-0.25, -0.2) is 0 Å². The van der Waals surface area contributed by atoms with Crippen molar-refractivity contribution in [2.45, 2.75) is 20.0 Å². The molecule has 0 aromatic carbocycles. The maximum atomic E-state index is 11.4. The van der Waals surface area contributed by atoms with E-state index < -0.39 is 0 Å². The molecule has 72 valence electrons. The number of rotatable bonds is 4. The van der Waals surface area contributed by atoms with Crippen LogP contribution in [0.2, 0.25) is 5.02 Å². The van der Waals surface area contributed by atoms with Crippen LogP contribution in [0.15, 0.2) is 11.4 Å².